The highest BCUT2D eigenvalue weighted by molar-refractivity contribution is 5.97. The largest absolute Gasteiger partial charge is 0.339 e. The number of nitrogens with two attached hydrogens (primary N) is 2. The molecule has 2 aromatic rings. The summed E-state index contributed by atoms with van der Waals surface area (Å²) < 4.78 is 0. The van der Waals surface area contributed by atoms with Crippen LogP contribution in [-0.2, 0) is 11.3 Å². The number of amides is 2. The second-order valence-corrected chi connectivity index (χ2v) is 5.22. The Labute approximate surface area is 139 Å². The maximum atomic E-state index is 12.1. The van der Waals surface area contributed by atoms with Gasteiger partial charge in [-0.3, -0.25) is 14.8 Å². The number of benzene rings is 2. The summed E-state index contributed by atoms with van der Waals surface area (Å²) in [6.45, 7) is 0.337. The highest BCUT2D eigenvalue weighted by atomic mass is 16.5. The molecule has 2 amide bonds. The zero-order valence-corrected chi connectivity index (χ0v) is 13.0. The van der Waals surface area contributed by atoms with Gasteiger partial charge >= 0.3 is 0 Å². The molecule has 0 unspecified atom stereocenters. The normalized spacial score (nSPS) is 11.6. The summed E-state index contributed by atoms with van der Waals surface area (Å²) in [6, 6.07) is 13.8. The Morgan fingerprint density at radius 3 is 2.33 bits per heavy atom. The molecule has 0 bridgehead atoms. The zero-order chi connectivity index (χ0) is 17.5. The maximum absolute atomic E-state index is 12.1. The number of nitrogens with one attached hydrogen (secondary N) is 2. The Hall–Kier alpha value is -2.74. The van der Waals surface area contributed by atoms with Crippen molar-refractivity contribution < 1.29 is 14.8 Å². The second kappa shape index (κ2) is 8.21. The van der Waals surface area contributed by atoms with Gasteiger partial charge in [-0.2, -0.15) is 0 Å². The van der Waals surface area contributed by atoms with Crippen LogP contribution in [0.4, 0.5) is 0 Å². The molecule has 0 aromatic heterocycles. The van der Waals surface area contributed by atoms with E-state index in [1.54, 1.807) is 12.1 Å². The summed E-state index contributed by atoms with van der Waals surface area (Å²) in [5, 5.41) is 11.1. The van der Waals surface area contributed by atoms with Gasteiger partial charge in [-0.1, -0.05) is 30.3 Å². The van der Waals surface area contributed by atoms with Crippen LogP contribution >= 0.6 is 0 Å². The topological polar surface area (TPSA) is 130 Å². The van der Waals surface area contributed by atoms with Gasteiger partial charge in [0.2, 0.25) is 0 Å². The first kappa shape index (κ1) is 17.6. The summed E-state index contributed by atoms with van der Waals surface area (Å²) in [5.74, 6) is -1.21. The van der Waals surface area contributed by atoms with Gasteiger partial charge in [0.15, 0.2) is 0 Å². The molecule has 0 spiro atoms. The van der Waals surface area contributed by atoms with Gasteiger partial charge in [-0.25, -0.2) is 5.48 Å². The molecular formula is C17H20N4O3. The van der Waals surface area contributed by atoms with E-state index >= 15 is 0 Å². The quantitative estimate of drug-likeness (QED) is 0.386. The average molecular weight is 328 g/mol. The molecule has 0 aliphatic heterocycles. The van der Waals surface area contributed by atoms with Crippen LogP contribution in [0.15, 0.2) is 48.5 Å². The van der Waals surface area contributed by atoms with E-state index in [2.05, 4.69) is 5.32 Å². The van der Waals surface area contributed by atoms with E-state index < -0.39 is 17.9 Å². The van der Waals surface area contributed by atoms with Crippen LogP contribution in [0, 0.1) is 0 Å². The molecule has 0 saturated heterocycles. The molecule has 0 aliphatic rings. The highest BCUT2D eigenvalue weighted by Crippen LogP contribution is 2.21. The third kappa shape index (κ3) is 4.17. The van der Waals surface area contributed by atoms with Crippen LogP contribution in [0.1, 0.15) is 15.9 Å². The third-order valence-corrected chi connectivity index (χ3v) is 3.61. The predicted octanol–water partition coefficient (Wildman–Crippen LogP) is 0.375. The molecule has 0 aliphatic carbocycles. The lowest BCUT2D eigenvalue weighted by atomic mass is 10.0. The van der Waals surface area contributed by atoms with Crippen LogP contribution < -0.4 is 22.3 Å². The fraction of sp³-hybridized carbons (Fsp3) is 0.176. The molecule has 2 aromatic carbocycles. The Bertz CT molecular complexity index is 716. The van der Waals surface area contributed by atoms with E-state index in [1.165, 1.54) is 5.48 Å². The average Bonchev–Trinajstić information content (AvgIpc) is 2.65. The second-order valence-electron chi connectivity index (χ2n) is 5.22. The molecule has 2 rings (SSSR count). The molecule has 1 atom stereocenters. The van der Waals surface area contributed by atoms with Crippen molar-refractivity contribution in [2.45, 2.75) is 12.6 Å². The highest BCUT2D eigenvalue weighted by Gasteiger charge is 2.19. The summed E-state index contributed by atoms with van der Waals surface area (Å²) in [5.41, 5.74) is 15.9. The van der Waals surface area contributed by atoms with Crippen molar-refractivity contribution in [3.63, 3.8) is 0 Å². The first-order valence-electron chi connectivity index (χ1n) is 7.43. The SMILES string of the molecule is NCc1cccc(-c2ccc(C(=O)N[C@@H](CN)C(=O)NO)cc2)c1. The van der Waals surface area contributed by atoms with Gasteiger partial charge in [0.1, 0.15) is 6.04 Å². The van der Waals surface area contributed by atoms with Gasteiger partial charge in [0.25, 0.3) is 11.8 Å². The van der Waals surface area contributed by atoms with E-state index in [4.69, 9.17) is 16.7 Å². The first-order chi connectivity index (χ1) is 11.6. The molecule has 0 heterocycles. The van der Waals surface area contributed by atoms with Crippen molar-refractivity contribution in [1.82, 2.24) is 10.8 Å². The molecule has 0 fully saturated rings. The number of hydrogen-bond acceptors (Lipinski definition) is 5. The number of hydroxylamine groups is 1. The Kier molecular flexibility index (Phi) is 6.02. The predicted molar refractivity (Wildman–Crippen MR) is 90.0 cm³/mol. The van der Waals surface area contributed by atoms with E-state index in [-0.39, 0.29) is 6.54 Å². The van der Waals surface area contributed by atoms with Crippen molar-refractivity contribution in [2.75, 3.05) is 6.54 Å². The Morgan fingerprint density at radius 1 is 1.04 bits per heavy atom. The summed E-state index contributed by atoms with van der Waals surface area (Å²) in [7, 11) is 0. The molecule has 24 heavy (non-hydrogen) atoms. The molecule has 0 radical (unpaired) electrons. The zero-order valence-electron chi connectivity index (χ0n) is 13.0. The van der Waals surface area contributed by atoms with Gasteiger partial charge in [-0.15, -0.1) is 0 Å². The maximum Gasteiger partial charge on any atom is 0.267 e. The number of rotatable bonds is 6. The van der Waals surface area contributed by atoms with Crippen LogP contribution in [0.5, 0.6) is 0 Å². The van der Waals surface area contributed by atoms with E-state index in [0.717, 1.165) is 16.7 Å². The smallest absolute Gasteiger partial charge is 0.267 e. The molecule has 126 valence electrons. The molecule has 0 saturated carbocycles. The summed E-state index contributed by atoms with van der Waals surface area (Å²) >= 11 is 0. The van der Waals surface area contributed by atoms with Gasteiger partial charge < -0.3 is 16.8 Å². The molecule has 7 N–H and O–H groups in total. The van der Waals surface area contributed by atoms with Crippen molar-refractivity contribution in [3.8, 4) is 11.1 Å². The van der Waals surface area contributed by atoms with Gasteiger partial charge in [0, 0.05) is 18.7 Å². The van der Waals surface area contributed by atoms with Crippen molar-refractivity contribution >= 4 is 11.8 Å². The van der Waals surface area contributed by atoms with Crippen molar-refractivity contribution in [1.29, 1.82) is 0 Å². The lowest BCUT2D eigenvalue weighted by Gasteiger charge is -2.14. The Balaban J connectivity index is 2.13. The lowest BCUT2D eigenvalue weighted by Crippen LogP contribution is -2.50. The molecule has 7 nitrogen and oxygen atoms in total. The van der Waals surface area contributed by atoms with Crippen LogP contribution in [-0.4, -0.2) is 29.6 Å². The van der Waals surface area contributed by atoms with Crippen molar-refractivity contribution in [3.05, 3.63) is 59.7 Å². The number of hydrogen-bond donors (Lipinski definition) is 5. The minimum atomic E-state index is -0.997. The summed E-state index contributed by atoms with van der Waals surface area (Å²) in [6.07, 6.45) is 0. The van der Waals surface area contributed by atoms with E-state index in [9.17, 15) is 9.59 Å². The first-order valence-corrected chi connectivity index (χ1v) is 7.43. The monoisotopic (exact) mass is 328 g/mol. The van der Waals surface area contributed by atoms with Crippen LogP contribution in [0.25, 0.3) is 11.1 Å². The Morgan fingerprint density at radius 2 is 1.75 bits per heavy atom. The van der Waals surface area contributed by atoms with Crippen LogP contribution in [0.2, 0.25) is 0 Å². The lowest BCUT2D eigenvalue weighted by molar-refractivity contribution is -0.130. The van der Waals surface area contributed by atoms with E-state index in [1.807, 2.05) is 36.4 Å². The standard InChI is InChI=1S/C17H20N4O3/c18-9-11-2-1-3-14(8-11)12-4-6-13(7-5-12)16(22)20-15(10-19)17(23)21-24/h1-8,15,24H,9-10,18-19H2,(H,20,22)(H,21,23)/t15-/m0/s1. The fourth-order valence-corrected chi connectivity index (χ4v) is 2.24. The molecule has 7 heteroatoms. The summed E-state index contributed by atoms with van der Waals surface area (Å²) in [4.78, 5) is 23.5. The van der Waals surface area contributed by atoms with Gasteiger partial charge in [0.05, 0.1) is 0 Å². The van der Waals surface area contributed by atoms with E-state index in [0.29, 0.717) is 12.1 Å². The molecular weight excluding hydrogens is 308 g/mol. The van der Waals surface area contributed by atoms with Crippen molar-refractivity contribution in [2.24, 2.45) is 11.5 Å². The van der Waals surface area contributed by atoms with Gasteiger partial charge in [-0.05, 0) is 34.9 Å². The van der Waals surface area contributed by atoms with Crippen LogP contribution in [0.3, 0.4) is 0 Å². The number of carbonyl (C=O) groups is 2. The minimum Gasteiger partial charge on any atom is -0.339 e. The fourth-order valence-electron chi connectivity index (χ4n) is 2.24. The third-order valence-electron chi connectivity index (χ3n) is 3.61. The minimum absolute atomic E-state index is 0.123. The number of carbonyl (C=O) groups excluding carboxylic acids is 2.